The Balaban J connectivity index is 2.92. The molecule has 0 atom stereocenters. The van der Waals surface area contributed by atoms with Crippen molar-refractivity contribution in [3.05, 3.63) is 17.5 Å². The van der Waals surface area contributed by atoms with E-state index in [2.05, 4.69) is 5.10 Å². The molecule has 0 radical (unpaired) electrons. The van der Waals surface area contributed by atoms with Crippen molar-refractivity contribution in [1.82, 2.24) is 9.78 Å². The van der Waals surface area contributed by atoms with E-state index in [9.17, 15) is 4.79 Å². The van der Waals surface area contributed by atoms with Gasteiger partial charge >= 0.3 is 5.97 Å². The van der Waals surface area contributed by atoms with Crippen molar-refractivity contribution in [2.45, 2.75) is 6.61 Å². The number of carbonyl (C=O) groups is 1. The highest BCUT2D eigenvalue weighted by atomic mass is 16.5. The summed E-state index contributed by atoms with van der Waals surface area (Å²) in [5.41, 5.74) is 0.791. The summed E-state index contributed by atoms with van der Waals surface area (Å²) in [7, 11) is 3.23. The van der Waals surface area contributed by atoms with E-state index < -0.39 is 5.97 Å². The number of ether oxygens (including phenoxy) is 1. The van der Waals surface area contributed by atoms with Crippen molar-refractivity contribution in [2.75, 3.05) is 7.11 Å². The molecule has 5 nitrogen and oxygen atoms in total. The number of aromatic nitrogens is 2. The van der Waals surface area contributed by atoms with Crippen LogP contribution in [-0.4, -0.2) is 28.0 Å². The van der Waals surface area contributed by atoms with Gasteiger partial charge in [0.05, 0.1) is 12.3 Å². The number of carboxylic acid groups (broad SMARTS) is 1. The number of methoxy groups -OCH3 is 1. The van der Waals surface area contributed by atoms with E-state index in [1.54, 1.807) is 14.2 Å². The third-order valence-electron chi connectivity index (χ3n) is 1.49. The summed E-state index contributed by atoms with van der Waals surface area (Å²) in [5, 5.41) is 12.3. The Labute approximate surface area is 69.6 Å². The molecule has 0 bridgehead atoms. The first-order valence-corrected chi connectivity index (χ1v) is 3.40. The second-order valence-corrected chi connectivity index (χ2v) is 2.38. The lowest BCUT2D eigenvalue weighted by Crippen LogP contribution is -2.00. The van der Waals surface area contributed by atoms with Crippen molar-refractivity contribution in [1.29, 1.82) is 0 Å². The van der Waals surface area contributed by atoms with E-state index >= 15 is 0 Å². The lowest BCUT2D eigenvalue weighted by Gasteiger charge is -1.96. The minimum absolute atomic E-state index is 0.0459. The minimum Gasteiger partial charge on any atom is -0.476 e. The number of aryl methyl sites for hydroxylation is 1. The van der Waals surface area contributed by atoms with Gasteiger partial charge in [-0.3, -0.25) is 4.68 Å². The third-order valence-corrected chi connectivity index (χ3v) is 1.49. The molecule has 66 valence electrons. The van der Waals surface area contributed by atoms with E-state index in [1.807, 2.05) is 0 Å². The van der Waals surface area contributed by atoms with Gasteiger partial charge in [0.2, 0.25) is 0 Å². The van der Waals surface area contributed by atoms with Gasteiger partial charge < -0.3 is 9.84 Å². The molecule has 0 aliphatic rings. The van der Waals surface area contributed by atoms with Gasteiger partial charge in [-0.05, 0) is 6.07 Å². The lowest BCUT2D eigenvalue weighted by atomic mass is 10.3. The summed E-state index contributed by atoms with van der Waals surface area (Å²) in [6.45, 7) is 0.372. The second kappa shape index (κ2) is 3.36. The third kappa shape index (κ3) is 1.62. The average molecular weight is 170 g/mol. The molecular formula is C7H10N2O3. The van der Waals surface area contributed by atoms with E-state index in [0.29, 0.717) is 6.61 Å². The molecule has 1 heterocycles. The molecule has 0 amide bonds. The van der Waals surface area contributed by atoms with Gasteiger partial charge in [-0.15, -0.1) is 0 Å². The SMILES string of the molecule is COCc1cc(C(=O)O)nn1C. The first-order chi connectivity index (χ1) is 5.65. The van der Waals surface area contributed by atoms with Crippen LogP contribution in [0.5, 0.6) is 0 Å². The monoisotopic (exact) mass is 170 g/mol. The normalized spacial score (nSPS) is 10.2. The molecule has 0 unspecified atom stereocenters. The maximum absolute atomic E-state index is 10.5. The van der Waals surface area contributed by atoms with Crippen LogP contribution in [0.25, 0.3) is 0 Å². The molecule has 0 spiro atoms. The maximum atomic E-state index is 10.5. The zero-order valence-electron chi connectivity index (χ0n) is 6.94. The number of nitrogens with zero attached hydrogens (tertiary/aromatic N) is 2. The first kappa shape index (κ1) is 8.73. The van der Waals surface area contributed by atoms with Crippen LogP contribution in [0.2, 0.25) is 0 Å². The Morgan fingerprint density at radius 3 is 2.92 bits per heavy atom. The molecule has 12 heavy (non-hydrogen) atoms. The number of hydrogen-bond donors (Lipinski definition) is 1. The van der Waals surface area contributed by atoms with E-state index in [4.69, 9.17) is 9.84 Å². The van der Waals surface area contributed by atoms with Gasteiger partial charge in [-0.2, -0.15) is 5.10 Å². The highest BCUT2D eigenvalue weighted by Gasteiger charge is 2.09. The summed E-state index contributed by atoms with van der Waals surface area (Å²) < 4.78 is 6.34. The van der Waals surface area contributed by atoms with E-state index in [0.717, 1.165) is 5.69 Å². The molecule has 0 aromatic carbocycles. The van der Waals surface area contributed by atoms with Gasteiger partial charge in [0, 0.05) is 14.2 Å². The summed E-state index contributed by atoms with van der Waals surface area (Å²) in [6, 6.07) is 1.49. The Morgan fingerprint density at radius 1 is 1.83 bits per heavy atom. The van der Waals surface area contributed by atoms with Crippen LogP contribution in [0.4, 0.5) is 0 Å². The average Bonchev–Trinajstić information content (AvgIpc) is 2.34. The molecule has 0 aliphatic carbocycles. The van der Waals surface area contributed by atoms with Crippen LogP contribution in [-0.2, 0) is 18.4 Å². The van der Waals surface area contributed by atoms with Crippen molar-refractivity contribution in [2.24, 2.45) is 7.05 Å². The Morgan fingerprint density at radius 2 is 2.50 bits per heavy atom. The Hall–Kier alpha value is -1.36. The molecule has 0 saturated heterocycles. The predicted molar refractivity (Wildman–Crippen MR) is 40.9 cm³/mol. The van der Waals surface area contributed by atoms with Crippen LogP contribution in [0.3, 0.4) is 0 Å². The zero-order valence-corrected chi connectivity index (χ0v) is 6.94. The lowest BCUT2D eigenvalue weighted by molar-refractivity contribution is 0.0689. The van der Waals surface area contributed by atoms with Gasteiger partial charge in [0.1, 0.15) is 0 Å². The van der Waals surface area contributed by atoms with Crippen molar-refractivity contribution < 1.29 is 14.6 Å². The number of hydrogen-bond acceptors (Lipinski definition) is 3. The molecule has 0 saturated carbocycles. The maximum Gasteiger partial charge on any atom is 0.356 e. The van der Waals surface area contributed by atoms with Crippen molar-refractivity contribution in [3.8, 4) is 0 Å². The quantitative estimate of drug-likeness (QED) is 0.706. The molecule has 1 aromatic rings. The van der Waals surface area contributed by atoms with Gasteiger partial charge in [-0.1, -0.05) is 0 Å². The molecule has 0 aliphatic heterocycles. The van der Waals surface area contributed by atoms with Crippen LogP contribution in [0.15, 0.2) is 6.07 Å². The van der Waals surface area contributed by atoms with Crippen LogP contribution in [0.1, 0.15) is 16.2 Å². The van der Waals surface area contributed by atoms with Gasteiger partial charge in [-0.25, -0.2) is 4.79 Å². The minimum atomic E-state index is -1.02. The summed E-state index contributed by atoms with van der Waals surface area (Å²) in [6.07, 6.45) is 0. The smallest absolute Gasteiger partial charge is 0.356 e. The van der Waals surface area contributed by atoms with E-state index in [1.165, 1.54) is 10.7 Å². The van der Waals surface area contributed by atoms with Gasteiger partial charge in [0.15, 0.2) is 5.69 Å². The fraction of sp³-hybridized carbons (Fsp3) is 0.429. The zero-order chi connectivity index (χ0) is 9.14. The highest BCUT2D eigenvalue weighted by molar-refractivity contribution is 5.85. The van der Waals surface area contributed by atoms with Crippen molar-refractivity contribution in [3.63, 3.8) is 0 Å². The van der Waals surface area contributed by atoms with Crippen LogP contribution in [0, 0.1) is 0 Å². The molecule has 1 N–H and O–H groups in total. The number of carboxylic acids is 1. The second-order valence-electron chi connectivity index (χ2n) is 2.38. The summed E-state index contributed by atoms with van der Waals surface area (Å²) in [5.74, 6) is -1.02. The first-order valence-electron chi connectivity index (χ1n) is 3.40. The topological polar surface area (TPSA) is 64.3 Å². The molecule has 1 rings (SSSR count). The number of aromatic carboxylic acids is 1. The number of rotatable bonds is 3. The largest absolute Gasteiger partial charge is 0.476 e. The molecule has 0 fully saturated rings. The Bertz CT molecular complexity index is 293. The molecular weight excluding hydrogens is 160 g/mol. The Kier molecular flexibility index (Phi) is 2.44. The highest BCUT2D eigenvalue weighted by Crippen LogP contribution is 2.03. The fourth-order valence-corrected chi connectivity index (χ4v) is 0.893. The van der Waals surface area contributed by atoms with Crippen LogP contribution >= 0.6 is 0 Å². The molecule has 5 heteroatoms. The van der Waals surface area contributed by atoms with Gasteiger partial charge in [0.25, 0.3) is 0 Å². The predicted octanol–water partition coefficient (Wildman–Crippen LogP) is 0.265. The molecule has 1 aromatic heterocycles. The summed E-state index contributed by atoms with van der Waals surface area (Å²) in [4.78, 5) is 10.5. The van der Waals surface area contributed by atoms with E-state index in [-0.39, 0.29) is 5.69 Å². The van der Waals surface area contributed by atoms with Crippen molar-refractivity contribution >= 4 is 5.97 Å². The van der Waals surface area contributed by atoms with Crippen LogP contribution < -0.4 is 0 Å². The fourth-order valence-electron chi connectivity index (χ4n) is 0.893. The standard InChI is InChI=1S/C7H10N2O3/c1-9-5(4-12-2)3-6(8-9)7(10)11/h3H,4H2,1-2H3,(H,10,11). The summed E-state index contributed by atoms with van der Waals surface area (Å²) >= 11 is 0.